The van der Waals surface area contributed by atoms with Crippen LogP contribution in [0.25, 0.3) is 136 Å². The van der Waals surface area contributed by atoms with Crippen molar-refractivity contribution < 1.29 is 8.83 Å². The maximum atomic E-state index is 6.35. The van der Waals surface area contributed by atoms with Gasteiger partial charge in [0.25, 0.3) is 0 Å². The molecule has 4 nitrogen and oxygen atoms in total. The second kappa shape index (κ2) is 10.5. The lowest BCUT2D eigenvalue weighted by molar-refractivity contribution is 0.669. The van der Waals surface area contributed by atoms with E-state index in [-0.39, 0.29) is 0 Å². The smallest absolute Gasteiger partial charge is 0.136 e. The largest absolute Gasteiger partial charge is 0.456 e. The van der Waals surface area contributed by atoms with Crippen molar-refractivity contribution in [2.75, 3.05) is 0 Å². The molecule has 14 aromatic rings. The normalized spacial score (nSPS) is 12.6. The Balaban J connectivity index is 1.04. The minimum absolute atomic E-state index is 0.873. The summed E-state index contributed by atoms with van der Waals surface area (Å²) < 4.78 is 15.1. The van der Waals surface area contributed by atoms with Crippen LogP contribution in [-0.4, -0.2) is 9.55 Å². The van der Waals surface area contributed by atoms with Crippen LogP contribution >= 0.6 is 0 Å². The third-order valence-corrected chi connectivity index (χ3v) is 12.6. The standard InChI is InChI=1S/C53H28N2O2/c1-2-9-33-32(8-1)34-20-17-30(29-18-21-36-38-11-5-15-48-51(38)52-39(40(36)24-29)12-6-16-49(52)57-48)25-41(34)42-26-31(19-22-35(33)42)55-45-13-7-23-54-53(45)44-28-50-43(27-46(44)55)37-10-3-4-14-47(37)56-50/h1-28H. The average molecular weight is 725 g/mol. The van der Waals surface area contributed by atoms with Crippen molar-refractivity contribution in [3.05, 3.63) is 170 Å². The highest BCUT2D eigenvalue weighted by atomic mass is 16.3. The molecule has 0 N–H and O–H groups in total. The molecule has 4 aromatic heterocycles. The predicted octanol–water partition coefficient (Wildman–Crippen LogP) is 14.8. The molecule has 4 heterocycles. The SMILES string of the molecule is c1ccc2c(c1)oc1cc3c4ncccc4n(-c4ccc5c6ccccc6c6ccc(-c7ccc8c(c7)c7cccc9oc%10cccc8c%10c97)cc6c5c4)c3cc12. The molecule has 57 heavy (non-hydrogen) atoms. The molecule has 0 saturated carbocycles. The first kappa shape index (κ1) is 29.6. The molecule has 0 unspecified atom stereocenters. The fourth-order valence-corrected chi connectivity index (χ4v) is 10.1. The highest BCUT2D eigenvalue weighted by Gasteiger charge is 2.20. The number of nitrogens with zero attached hydrogens (tertiary/aromatic N) is 2. The van der Waals surface area contributed by atoms with Gasteiger partial charge in [-0.3, -0.25) is 4.98 Å². The van der Waals surface area contributed by atoms with E-state index in [0.717, 1.165) is 60.7 Å². The molecule has 0 fully saturated rings. The van der Waals surface area contributed by atoms with Gasteiger partial charge in [0.2, 0.25) is 0 Å². The van der Waals surface area contributed by atoms with E-state index in [1.165, 1.54) is 75.8 Å². The molecule has 262 valence electrons. The number of para-hydroxylation sites is 1. The second-order valence-electron chi connectivity index (χ2n) is 15.4. The molecule has 0 saturated heterocycles. The number of fused-ring (bicyclic) bond motifs is 15. The molecule has 0 radical (unpaired) electrons. The molecule has 0 spiro atoms. The van der Waals surface area contributed by atoms with E-state index in [9.17, 15) is 0 Å². The number of aromatic nitrogens is 2. The number of furan rings is 2. The fraction of sp³-hybridized carbons (Fsp3) is 0. The lowest BCUT2D eigenvalue weighted by Crippen LogP contribution is -1.95. The summed E-state index contributed by atoms with van der Waals surface area (Å²) in [6.45, 7) is 0. The first-order valence-corrected chi connectivity index (χ1v) is 19.4. The Bertz CT molecular complexity index is 4050. The van der Waals surface area contributed by atoms with Gasteiger partial charge in [-0.2, -0.15) is 0 Å². The van der Waals surface area contributed by atoms with Gasteiger partial charge < -0.3 is 13.4 Å². The zero-order valence-electron chi connectivity index (χ0n) is 30.4. The Morgan fingerprint density at radius 3 is 1.65 bits per heavy atom. The quantitative estimate of drug-likeness (QED) is 0.167. The van der Waals surface area contributed by atoms with Gasteiger partial charge in [0.05, 0.1) is 16.6 Å². The lowest BCUT2D eigenvalue weighted by Gasteiger charge is -2.15. The molecular formula is C53H28N2O2. The van der Waals surface area contributed by atoms with Gasteiger partial charge in [0, 0.05) is 38.8 Å². The summed E-state index contributed by atoms with van der Waals surface area (Å²) in [5.74, 6) is 0. The van der Waals surface area contributed by atoms with E-state index >= 15 is 0 Å². The van der Waals surface area contributed by atoms with Crippen LogP contribution < -0.4 is 0 Å². The zero-order chi connectivity index (χ0) is 36.9. The maximum Gasteiger partial charge on any atom is 0.136 e. The van der Waals surface area contributed by atoms with Crippen molar-refractivity contribution in [3.63, 3.8) is 0 Å². The minimum Gasteiger partial charge on any atom is -0.456 e. The van der Waals surface area contributed by atoms with Crippen LogP contribution in [-0.2, 0) is 0 Å². The molecule has 0 aliphatic carbocycles. The Hall–Kier alpha value is -7.69. The summed E-state index contributed by atoms with van der Waals surface area (Å²) in [5, 5.41) is 18.1. The summed E-state index contributed by atoms with van der Waals surface area (Å²) in [5.41, 5.74) is 10.2. The Morgan fingerprint density at radius 2 is 0.895 bits per heavy atom. The van der Waals surface area contributed by atoms with Crippen LogP contribution in [0.3, 0.4) is 0 Å². The molecule has 14 rings (SSSR count). The second-order valence-corrected chi connectivity index (χ2v) is 15.4. The van der Waals surface area contributed by atoms with Crippen LogP contribution in [0.2, 0.25) is 0 Å². The van der Waals surface area contributed by atoms with Crippen LogP contribution in [0.5, 0.6) is 0 Å². The molecule has 0 aliphatic rings. The van der Waals surface area contributed by atoms with Crippen LogP contribution in [0.15, 0.2) is 179 Å². The summed E-state index contributed by atoms with van der Waals surface area (Å²) in [6.07, 6.45) is 1.88. The zero-order valence-corrected chi connectivity index (χ0v) is 30.4. The highest BCUT2D eigenvalue weighted by Crippen LogP contribution is 2.45. The van der Waals surface area contributed by atoms with Gasteiger partial charge in [-0.25, -0.2) is 0 Å². The van der Waals surface area contributed by atoms with E-state index in [0.29, 0.717) is 0 Å². The summed E-state index contributed by atoms with van der Waals surface area (Å²) in [7, 11) is 0. The van der Waals surface area contributed by atoms with Crippen LogP contribution in [0.4, 0.5) is 0 Å². The average Bonchev–Trinajstić information content (AvgIpc) is 3.94. The fourth-order valence-electron chi connectivity index (χ4n) is 10.1. The number of pyridine rings is 1. The Kier molecular flexibility index (Phi) is 5.48. The molecule has 0 aliphatic heterocycles. The van der Waals surface area contributed by atoms with E-state index in [4.69, 9.17) is 13.8 Å². The minimum atomic E-state index is 0.873. The Labute approximate surface area is 323 Å². The molecular weight excluding hydrogens is 697 g/mol. The van der Waals surface area contributed by atoms with Gasteiger partial charge in [0.15, 0.2) is 0 Å². The summed E-state index contributed by atoms with van der Waals surface area (Å²) in [4.78, 5) is 4.91. The van der Waals surface area contributed by atoms with E-state index < -0.39 is 0 Å². The van der Waals surface area contributed by atoms with Crippen molar-refractivity contribution >= 4 is 120 Å². The van der Waals surface area contributed by atoms with E-state index in [1.807, 2.05) is 24.4 Å². The van der Waals surface area contributed by atoms with Gasteiger partial charge >= 0.3 is 0 Å². The predicted molar refractivity (Wildman–Crippen MR) is 237 cm³/mol. The van der Waals surface area contributed by atoms with Crippen LogP contribution in [0, 0.1) is 0 Å². The molecule has 0 bridgehead atoms. The maximum absolute atomic E-state index is 6.35. The van der Waals surface area contributed by atoms with Gasteiger partial charge in [-0.1, -0.05) is 97.1 Å². The van der Waals surface area contributed by atoms with Gasteiger partial charge in [-0.15, -0.1) is 0 Å². The van der Waals surface area contributed by atoms with Crippen molar-refractivity contribution in [2.45, 2.75) is 0 Å². The van der Waals surface area contributed by atoms with E-state index in [1.54, 1.807) is 0 Å². The molecule has 10 aromatic carbocycles. The highest BCUT2D eigenvalue weighted by molar-refractivity contribution is 6.33. The van der Waals surface area contributed by atoms with Crippen molar-refractivity contribution in [1.29, 1.82) is 0 Å². The first-order chi connectivity index (χ1) is 28.2. The molecule has 0 amide bonds. The lowest BCUT2D eigenvalue weighted by atomic mass is 9.90. The topological polar surface area (TPSA) is 44.1 Å². The van der Waals surface area contributed by atoms with Crippen molar-refractivity contribution in [1.82, 2.24) is 9.55 Å². The van der Waals surface area contributed by atoms with Crippen molar-refractivity contribution in [2.24, 2.45) is 0 Å². The van der Waals surface area contributed by atoms with Gasteiger partial charge in [0.1, 0.15) is 22.3 Å². The van der Waals surface area contributed by atoms with Crippen molar-refractivity contribution in [3.8, 4) is 16.8 Å². The third kappa shape index (κ3) is 3.84. The first-order valence-electron chi connectivity index (χ1n) is 19.4. The third-order valence-electron chi connectivity index (χ3n) is 12.6. The summed E-state index contributed by atoms with van der Waals surface area (Å²) in [6, 6.07) is 59.5. The number of hydrogen-bond donors (Lipinski definition) is 0. The molecule has 4 heteroatoms. The van der Waals surface area contributed by atoms with E-state index in [2.05, 4.69) is 150 Å². The monoisotopic (exact) mass is 724 g/mol. The Morgan fingerprint density at radius 1 is 0.333 bits per heavy atom. The molecule has 0 atom stereocenters. The van der Waals surface area contributed by atoms with Crippen LogP contribution in [0.1, 0.15) is 0 Å². The van der Waals surface area contributed by atoms with Gasteiger partial charge in [-0.05, 0) is 132 Å². The number of benzene rings is 10. The number of rotatable bonds is 2. The number of hydrogen-bond acceptors (Lipinski definition) is 3. The summed E-state index contributed by atoms with van der Waals surface area (Å²) >= 11 is 0.